The Morgan fingerprint density at radius 1 is 1.02 bits per heavy atom. The molecule has 0 spiro atoms. The van der Waals surface area contributed by atoms with Gasteiger partial charge >= 0.3 is 0 Å². The standard InChI is InChI=1S/C27H30F3N7O3/c1-14-20(36-40-35-14)23(38)33-22(16-4-6-27(29,30)7-5-16)18-10-37-19(32-18)8-17(9-31-37)21(15-2-3-15)34-24(39)25-11-26(28,12-25)13-25/h8-10,15-16,21-22H,2-7,11-13H2,1H3,(H,33,38)(H,34,39)/t21-,22+,25-,26+/m1/s1. The highest BCUT2D eigenvalue weighted by atomic mass is 19.3. The van der Waals surface area contributed by atoms with Crippen LogP contribution in [0.5, 0.6) is 0 Å². The molecule has 0 aliphatic heterocycles. The largest absolute Gasteiger partial charge is 0.348 e. The van der Waals surface area contributed by atoms with Gasteiger partial charge in [-0.1, -0.05) is 5.16 Å². The van der Waals surface area contributed by atoms with Gasteiger partial charge < -0.3 is 10.6 Å². The number of rotatable bonds is 8. The first kappa shape index (κ1) is 25.5. The predicted molar refractivity (Wildman–Crippen MR) is 133 cm³/mol. The minimum absolute atomic E-state index is 0.0285. The summed E-state index contributed by atoms with van der Waals surface area (Å²) in [5.74, 6) is -3.32. The quantitative estimate of drug-likeness (QED) is 0.425. The van der Waals surface area contributed by atoms with Gasteiger partial charge in [-0.3, -0.25) is 9.59 Å². The Hall–Kier alpha value is -3.51. The summed E-state index contributed by atoms with van der Waals surface area (Å²) in [6.45, 7) is 1.59. The van der Waals surface area contributed by atoms with Gasteiger partial charge in [0, 0.05) is 12.8 Å². The van der Waals surface area contributed by atoms with Crippen LogP contribution in [0.3, 0.4) is 0 Å². The Balaban J connectivity index is 1.15. The molecule has 10 nitrogen and oxygen atoms in total. The van der Waals surface area contributed by atoms with Crippen molar-refractivity contribution in [2.75, 3.05) is 0 Å². The van der Waals surface area contributed by atoms with Gasteiger partial charge in [0.05, 0.1) is 35.6 Å². The first-order valence-electron chi connectivity index (χ1n) is 13.9. The molecule has 0 unspecified atom stereocenters. The number of halogens is 3. The maximum Gasteiger partial charge on any atom is 0.276 e. The number of amides is 2. The van der Waals surface area contributed by atoms with Gasteiger partial charge in [-0.15, -0.1) is 0 Å². The zero-order chi connectivity index (χ0) is 27.9. The smallest absolute Gasteiger partial charge is 0.276 e. The van der Waals surface area contributed by atoms with Crippen LogP contribution >= 0.6 is 0 Å². The molecular weight excluding hydrogens is 527 g/mol. The first-order chi connectivity index (χ1) is 19.0. The van der Waals surface area contributed by atoms with Crippen molar-refractivity contribution in [2.24, 2.45) is 17.3 Å². The molecule has 0 radical (unpaired) electrons. The number of carbonyl (C=O) groups excluding carboxylic acids is 2. The molecular formula is C27H30F3N7O3. The number of nitrogens with zero attached hydrogens (tertiary/aromatic N) is 5. The summed E-state index contributed by atoms with van der Waals surface area (Å²) in [5.41, 5.74) is 0.449. The zero-order valence-corrected chi connectivity index (χ0v) is 22.0. The fourth-order valence-corrected chi connectivity index (χ4v) is 6.81. The van der Waals surface area contributed by atoms with E-state index in [1.54, 1.807) is 23.8 Å². The molecule has 8 rings (SSSR count). The van der Waals surface area contributed by atoms with Crippen LogP contribution in [0.4, 0.5) is 13.2 Å². The summed E-state index contributed by atoms with van der Waals surface area (Å²) < 4.78 is 48.2. The van der Waals surface area contributed by atoms with Crippen LogP contribution in [0.2, 0.25) is 0 Å². The van der Waals surface area contributed by atoms with Crippen LogP contribution < -0.4 is 10.6 Å². The summed E-state index contributed by atoms with van der Waals surface area (Å²) in [5, 5.41) is 17.9. The average Bonchev–Trinajstić information content (AvgIpc) is 3.48. The van der Waals surface area contributed by atoms with E-state index < -0.39 is 29.0 Å². The highest BCUT2D eigenvalue weighted by Gasteiger charge is 2.73. The number of hydrogen-bond donors (Lipinski definition) is 2. The summed E-state index contributed by atoms with van der Waals surface area (Å²) in [4.78, 5) is 30.8. The van der Waals surface area contributed by atoms with Gasteiger partial charge in [-0.25, -0.2) is 27.3 Å². The van der Waals surface area contributed by atoms with Crippen LogP contribution in [-0.4, -0.2) is 48.3 Å². The number of aromatic nitrogens is 5. The SMILES string of the molecule is Cc1nonc1C(=O)N[C@H](c1cn2ncc([C@H](NC(=O)[C@]34C[C@](F)(C3)C4)C3CC3)cc2n1)C1CCC(F)(F)CC1. The van der Waals surface area contributed by atoms with E-state index in [0.717, 1.165) is 18.4 Å². The molecule has 5 fully saturated rings. The maximum atomic E-state index is 14.0. The van der Waals surface area contributed by atoms with E-state index in [1.165, 1.54) is 0 Å². The van der Waals surface area contributed by atoms with E-state index in [-0.39, 0.29) is 55.2 Å². The molecule has 3 aromatic heterocycles. The topological polar surface area (TPSA) is 127 Å². The Morgan fingerprint density at radius 3 is 2.35 bits per heavy atom. The minimum atomic E-state index is -2.72. The van der Waals surface area contributed by atoms with E-state index in [2.05, 4.69) is 30.7 Å². The van der Waals surface area contributed by atoms with Crippen LogP contribution in [0, 0.1) is 24.2 Å². The molecule has 212 valence electrons. The lowest BCUT2D eigenvalue weighted by atomic mass is 9.42. The second-order valence-electron chi connectivity index (χ2n) is 12.4. The predicted octanol–water partition coefficient (Wildman–Crippen LogP) is 4.18. The number of aryl methyl sites for hydroxylation is 1. The number of hydrogen-bond acceptors (Lipinski definition) is 7. The van der Waals surface area contributed by atoms with Gasteiger partial charge in [0.15, 0.2) is 11.3 Å². The zero-order valence-electron chi connectivity index (χ0n) is 22.0. The third kappa shape index (κ3) is 4.33. The molecule has 5 aliphatic rings. The van der Waals surface area contributed by atoms with Crippen molar-refractivity contribution >= 4 is 17.5 Å². The highest BCUT2D eigenvalue weighted by Crippen LogP contribution is 2.69. The van der Waals surface area contributed by atoms with Crippen LogP contribution in [0.15, 0.2) is 23.1 Å². The number of alkyl halides is 3. The molecule has 3 aromatic rings. The maximum absolute atomic E-state index is 14.0. The van der Waals surface area contributed by atoms with E-state index in [4.69, 9.17) is 4.98 Å². The van der Waals surface area contributed by atoms with Crippen LogP contribution in [0.1, 0.15) is 97.3 Å². The summed E-state index contributed by atoms with van der Waals surface area (Å²) in [6, 6.07) is 0.965. The van der Waals surface area contributed by atoms with E-state index in [0.29, 0.717) is 36.3 Å². The first-order valence-corrected chi connectivity index (χ1v) is 13.9. The van der Waals surface area contributed by atoms with Crippen molar-refractivity contribution in [1.29, 1.82) is 0 Å². The van der Waals surface area contributed by atoms with Crippen LogP contribution in [0.25, 0.3) is 5.65 Å². The second kappa shape index (κ2) is 8.74. The molecule has 3 heterocycles. The molecule has 5 saturated carbocycles. The Bertz CT molecular complexity index is 1470. The molecule has 2 amide bonds. The van der Waals surface area contributed by atoms with E-state index in [9.17, 15) is 22.8 Å². The van der Waals surface area contributed by atoms with Crippen molar-refractivity contribution in [2.45, 2.75) is 88.4 Å². The van der Waals surface area contributed by atoms with Gasteiger partial charge in [-0.2, -0.15) is 5.10 Å². The molecule has 40 heavy (non-hydrogen) atoms. The lowest BCUT2D eigenvalue weighted by Gasteiger charge is -2.64. The lowest BCUT2D eigenvalue weighted by Crippen LogP contribution is -2.70. The normalized spacial score (nSPS) is 28.8. The number of fused-ring (bicyclic) bond motifs is 1. The second-order valence-corrected chi connectivity index (χ2v) is 12.4. The van der Waals surface area contributed by atoms with E-state index in [1.807, 2.05) is 6.07 Å². The monoisotopic (exact) mass is 557 g/mol. The van der Waals surface area contributed by atoms with Gasteiger partial charge in [0.25, 0.3) is 5.91 Å². The van der Waals surface area contributed by atoms with Crippen molar-refractivity contribution in [1.82, 2.24) is 35.5 Å². The third-order valence-electron chi connectivity index (χ3n) is 9.25. The number of nitrogens with one attached hydrogen (secondary N) is 2. The van der Waals surface area contributed by atoms with E-state index >= 15 is 0 Å². The summed E-state index contributed by atoms with van der Waals surface area (Å²) in [6.07, 6.45) is 6.15. The fraction of sp³-hybridized carbons (Fsp3) is 0.630. The molecule has 13 heteroatoms. The van der Waals surface area contributed by atoms with Crippen molar-refractivity contribution in [3.63, 3.8) is 0 Å². The Kier molecular flexibility index (Phi) is 5.56. The van der Waals surface area contributed by atoms with Crippen molar-refractivity contribution < 1.29 is 27.4 Å². The summed E-state index contributed by atoms with van der Waals surface area (Å²) >= 11 is 0. The van der Waals surface area contributed by atoms with Gasteiger partial charge in [0.1, 0.15) is 11.4 Å². The lowest BCUT2D eigenvalue weighted by molar-refractivity contribution is -0.214. The number of carbonyl (C=O) groups is 2. The third-order valence-corrected chi connectivity index (χ3v) is 9.25. The van der Waals surface area contributed by atoms with Crippen LogP contribution in [-0.2, 0) is 4.79 Å². The molecule has 0 saturated heterocycles. The summed E-state index contributed by atoms with van der Waals surface area (Å²) in [7, 11) is 0. The fourth-order valence-electron chi connectivity index (χ4n) is 6.81. The molecule has 2 atom stereocenters. The van der Waals surface area contributed by atoms with Gasteiger partial charge in [-0.05, 0) is 80.5 Å². The number of imidazole rings is 1. The minimum Gasteiger partial charge on any atom is -0.348 e. The molecule has 5 aliphatic carbocycles. The van der Waals surface area contributed by atoms with Gasteiger partial charge in [0.2, 0.25) is 11.8 Å². The Morgan fingerprint density at radius 2 is 1.73 bits per heavy atom. The van der Waals surface area contributed by atoms with Crippen molar-refractivity contribution in [3.8, 4) is 0 Å². The average molecular weight is 558 g/mol. The molecule has 2 N–H and O–H groups in total. The molecule has 2 bridgehead atoms. The molecule has 0 aromatic carbocycles. The highest BCUT2D eigenvalue weighted by molar-refractivity contribution is 5.93. The Labute approximate surface area is 227 Å². The van der Waals surface area contributed by atoms with Crippen molar-refractivity contribution in [3.05, 3.63) is 41.1 Å².